The Labute approximate surface area is 131 Å². The Bertz CT molecular complexity index is 648. The van der Waals surface area contributed by atoms with Crippen molar-refractivity contribution in [2.75, 3.05) is 0 Å². The Morgan fingerprint density at radius 2 is 1.95 bits per heavy atom. The molecule has 0 spiro atoms. The van der Waals surface area contributed by atoms with Crippen LogP contribution in [-0.2, 0) is 16.6 Å². The van der Waals surface area contributed by atoms with Gasteiger partial charge in [-0.1, -0.05) is 25.5 Å². The van der Waals surface area contributed by atoms with Crippen molar-refractivity contribution in [3.05, 3.63) is 34.9 Å². The molecule has 1 N–H and O–H groups in total. The van der Waals surface area contributed by atoms with Crippen LogP contribution in [0.25, 0.3) is 0 Å². The number of hydrogen-bond acceptors (Lipinski definition) is 2. The molecule has 1 aromatic rings. The third-order valence-electron chi connectivity index (χ3n) is 6.25. The molecule has 0 saturated heterocycles. The highest BCUT2D eigenvalue weighted by atomic mass is 16.4. The predicted octanol–water partition coefficient (Wildman–Crippen LogP) is 3.98. The molecular weight excluding hydrogens is 276 g/mol. The van der Waals surface area contributed by atoms with Crippen LogP contribution < -0.4 is 0 Å². The largest absolute Gasteiger partial charge is 0.481 e. The van der Waals surface area contributed by atoms with E-state index in [0.717, 1.165) is 37.7 Å². The van der Waals surface area contributed by atoms with Crippen molar-refractivity contribution in [1.29, 1.82) is 0 Å². The van der Waals surface area contributed by atoms with Gasteiger partial charge in [-0.25, -0.2) is 0 Å². The molecule has 1 aromatic carbocycles. The topological polar surface area (TPSA) is 54.4 Å². The first-order valence-electron chi connectivity index (χ1n) is 8.17. The molecule has 3 rings (SSSR count). The minimum Gasteiger partial charge on any atom is -0.481 e. The summed E-state index contributed by atoms with van der Waals surface area (Å²) in [5.41, 5.74) is 2.54. The van der Waals surface area contributed by atoms with Gasteiger partial charge in [0.25, 0.3) is 0 Å². The van der Waals surface area contributed by atoms with E-state index < -0.39 is 11.4 Å². The van der Waals surface area contributed by atoms with Gasteiger partial charge in [-0.15, -0.1) is 0 Å². The minimum atomic E-state index is -0.660. The molecule has 3 heteroatoms. The lowest BCUT2D eigenvalue weighted by atomic mass is 9.50. The highest BCUT2D eigenvalue weighted by Crippen LogP contribution is 2.57. The number of carbonyl (C=O) groups excluding carboxylic acids is 1. The second kappa shape index (κ2) is 4.94. The highest BCUT2D eigenvalue weighted by Gasteiger charge is 2.55. The van der Waals surface area contributed by atoms with E-state index in [-0.39, 0.29) is 17.1 Å². The fourth-order valence-electron chi connectivity index (χ4n) is 4.97. The summed E-state index contributed by atoms with van der Waals surface area (Å²) in [6, 6.07) is 6.00. The van der Waals surface area contributed by atoms with E-state index in [4.69, 9.17) is 0 Å². The van der Waals surface area contributed by atoms with Gasteiger partial charge in [0.05, 0.1) is 5.41 Å². The fraction of sp³-hybridized carbons (Fsp3) is 0.579. The Kier molecular flexibility index (Phi) is 3.42. The number of carbonyl (C=O) groups is 2. The summed E-state index contributed by atoms with van der Waals surface area (Å²) in [6.45, 7) is 5.74. The van der Waals surface area contributed by atoms with E-state index in [2.05, 4.69) is 13.0 Å². The van der Waals surface area contributed by atoms with Crippen LogP contribution in [0.2, 0.25) is 0 Å². The molecule has 118 valence electrons. The summed E-state index contributed by atoms with van der Waals surface area (Å²) in [7, 11) is 0. The van der Waals surface area contributed by atoms with Crippen LogP contribution in [0.4, 0.5) is 0 Å². The molecule has 0 amide bonds. The molecular formula is C19H24O3. The number of aryl methyl sites for hydroxylation is 1. The lowest BCUT2D eigenvalue weighted by Crippen LogP contribution is -2.52. The molecule has 0 radical (unpaired) electrons. The van der Waals surface area contributed by atoms with Gasteiger partial charge >= 0.3 is 5.97 Å². The number of benzene rings is 1. The Hall–Kier alpha value is -1.64. The summed E-state index contributed by atoms with van der Waals surface area (Å²) in [5.74, 6) is -0.400. The summed E-state index contributed by atoms with van der Waals surface area (Å²) < 4.78 is 0. The SMILES string of the molecule is CC(=O)c1ccc2c(c1)CCC1[C@@](C)(C(=O)O)CCC[C@]21C. The second-order valence-corrected chi connectivity index (χ2v) is 7.51. The fourth-order valence-corrected chi connectivity index (χ4v) is 4.97. The summed E-state index contributed by atoms with van der Waals surface area (Å²) in [5, 5.41) is 9.77. The molecule has 0 bridgehead atoms. The minimum absolute atomic E-state index is 0.0890. The van der Waals surface area contributed by atoms with Crippen molar-refractivity contribution in [1.82, 2.24) is 0 Å². The average molecular weight is 300 g/mol. The summed E-state index contributed by atoms with van der Waals surface area (Å²) in [4.78, 5) is 23.5. The van der Waals surface area contributed by atoms with Crippen LogP contribution in [0.1, 0.15) is 67.9 Å². The van der Waals surface area contributed by atoms with Crippen LogP contribution >= 0.6 is 0 Å². The lowest BCUT2D eigenvalue weighted by molar-refractivity contribution is -0.157. The zero-order chi connectivity index (χ0) is 16.1. The Morgan fingerprint density at radius 1 is 1.23 bits per heavy atom. The van der Waals surface area contributed by atoms with E-state index in [1.54, 1.807) is 6.92 Å². The van der Waals surface area contributed by atoms with Crippen molar-refractivity contribution in [2.24, 2.45) is 11.3 Å². The average Bonchev–Trinajstić information content (AvgIpc) is 2.46. The van der Waals surface area contributed by atoms with Gasteiger partial charge in [0.2, 0.25) is 0 Å². The maximum Gasteiger partial charge on any atom is 0.309 e. The third kappa shape index (κ3) is 2.02. The molecule has 3 nitrogen and oxygen atoms in total. The van der Waals surface area contributed by atoms with Crippen LogP contribution in [0, 0.1) is 11.3 Å². The van der Waals surface area contributed by atoms with Gasteiger partial charge in [0.1, 0.15) is 0 Å². The van der Waals surface area contributed by atoms with Crippen LogP contribution in [0.3, 0.4) is 0 Å². The number of ketones is 1. The number of fused-ring (bicyclic) bond motifs is 3. The molecule has 0 aliphatic heterocycles. The molecule has 2 aliphatic carbocycles. The summed E-state index contributed by atoms with van der Waals surface area (Å²) in [6.07, 6.45) is 4.52. The van der Waals surface area contributed by atoms with Gasteiger partial charge in [-0.3, -0.25) is 9.59 Å². The van der Waals surface area contributed by atoms with E-state index in [9.17, 15) is 14.7 Å². The molecule has 3 atom stereocenters. The first kappa shape index (κ1) is 15.3. The van der Waals surface area contributed by atoms with Gasteiger partial charge < -0.3 is 5.11 Å². The molecule has 22 heavy (non-hydrogen) atoms. The van der Waals surface area contributed by atoms with E-state index in [0.29, 0.717) is 0 Å². The third-order valence-corrected chi connectivity index (χ3v) is 6.25. The normalized spacial score (nSPS) is 33.7. The highest BCUT2D eigenvalue weighted by molar-refractivity contribution is 5.94. The molecule has 1 unspecified atom stereocenters. The monoisotopic (exact) mass is 300 g/mol. The molecule has 0 heterocycles. The van der Waals surface area contributed by atoms with Crippen molar-refractivity contribution in [2.45, 2.75) is 58.3 Å². The van der Waals surface area contributed by atoms with Crippen molar-refractivity contribution in [3.63, 3.8) is 0 Å². The van der Waals surface area contributed by atoms with E-state index >= 15 is 0 Å². The number of aliphatic carboxylic acids is 1. The lowest BCUT2D eigenvalue weighted by Gasteiger charge is -2.53. The smallest absolute Gasteiger partial charge is 0.309 e. The number of carboxylic acid groups (broad SMARTS) is 1. The zero-order valence-corrected chi connectivity index (χ0v) is 13.6. The quantitative estimate of drug-likeness (QED) is 0.840. The van der Waals surface area contributed by atoms with Crippen LogP contribution in [0.15, 0.2) is 18.2 Å². The first-order valence-corrected chi connectivity index (χ1v) is 8.17. The standard InChI is InChI=1S/C19H24O3/c1-12(20)13-5-7-15-14(11-13)6-8-16-18(15,2)9-4-10-19(16,3)17(21)22/h5,7,11,16H,4,6,8-10H2,1-3H3,(H,21,22)/t16?,18-,19+/m1/s1. The molecule has 1 saturated carbocycles. The van der Waals surface area contributed by atoms with Crippen molar-refractivity contribution in [3.8, 4) is 0 Å². The number of hydrogen-bond donors (Lipinski definition) is 1. The van der Waals surface area contributed by atoms with Crippen LogP contribution in [0.5, 0.6) is 0 Å². The maximum atomic E-state index is 11.9. The number of rotatable bonds is 2. The van der Waals surface area contributed by atoms with Crippen molar-refractivity contribution >= 4 is 11.8 Å². The van der Waals surface area contributed by atoms with E-state index in [1.165, 1.54) is 11.1 Å². The first-order chi connectivity index (χ1) is 10.3. The van der Waals surface area contributed by atoms with Gasteiger partial charge in [-0.05, 0) is 68.1 Å². The van der Waals surface area contributed by atoms with Crippen LogP contribution in [-0.4, -0.2) is 16.9 Å². The molecule has 1 fully saturated rings. The van der Waals surface area contributed by atoms with Gasteiger partial charge in [0.15, 0.2) is 5.78 Å². The number of Topliss-reactive ketones (excluding diaryl/α,β-unsaturated/α-hetero) is 1. The van der Waals surface area contributed by atoms with Gasteiger partial charge in [-0.2, -0.15) is 0 Å². The zero-order valence-electron chi connectivity index (χ0n) is 13.6. The molecule has 0 aromatic heterocycles. The second-order valence-electron chi connectivity index (χ2n) is 7.51. The molecule has 2 aliphatic rings. The van der Waals surface area contributed by atoms with Crippen molar-refractivity contribution < 1.29 is 14.7 Å². The maximum absolute atomic E-state index is 11.9. The number of carboxylic acids is 1. The predicted molar refractivity (Wildman–Crippen MR) is 85.2 cm³/mol. The van der Waals surface area contributed by atoms with Gasteiger partial charge in [0, 0.05) is 5.56 Å². The van der Waals surface area contributed by atoms with E-state index in [1.807, 2.05) is 19.1 Å². The Morgan fingerprint density at radius 3 is 2.59 bits per heavy atom. The Balaban J connectivity index is 2.09. The summed E-state index contributed by atoms with van der Waals surface area (Å²) >= 11 is 0.